The fraction of sp³-hybridized carbons (Fsp3) is 0.500. The zero-order chi connectivity index (χ0) is 18.8. The zero-order valence-electron chi connectivity index (χ0n) is 16.7. The Morgan fingerprint density at radius 3 is 2.63 bits per heavy atom. The molecule has 0 saturated carbocycles. The lowest BCUT2D eigenvalue weighted by Gasteiger charge is -2.21. The van der Waals surface area contributed by atoms with Gasteiger partial charge in [0.05, 0.1) is 30.4 Å². The molecule has 0 bridgehead atoms. The highest BCUT2D eigenvalue weighted by atomic mass is 127. The molecule has 0 unspecified atom stereocenters. The van der Waals surface area contributed by atoms with Gasteiger partial charge in [0.25, 0.3) is 0 Å². The first-order valence-corrected chi connectivity index (χ1v) is 10.1. The fourth-order valence-electron chi connectivity index (χ4n) is 2.61. The second kappa shape index (κ2) is 13.1. The average Bonchev–Trinajstić information content (AvgIpc) is 3.04. The van der Waals surface area contributed by atoms with E-state index >= 15 is 0 Å². The predicted octanol–water partition coefficient (Wildman–Crippen LogP) is 4.59. The number of nitrogens with zero attached hydrogens (tertiary/aromatic N) is 3. The Hall–Kier alpha value is -1.19. The Kier molecular flexibility index (Phi) is 11.5. The van der Waals surface area contributed by atoms with Crippen LogP contribution < -0.4 is 5.32 Å². The molecule has 0 amide bonds. The van der Waals surface area contributed by atoms with E-state index in [9.17, 15) is 0 Å². The molecule has 0 saturated heterocycles. The van der Waals surface area contributed by atoms with E-state index in [1.807, 2.05) is 14.0 Å². The van der Waals surface area contributed by atoms with E-state index in [1.54, 1.807) is 11.3 Å². The second-order valence-corrected chi connectivity index (χ2v) is 7.27. The number of benzene rings is 1. The number of ether oxygens (including phenoxy) is 1. The third-order valence-corrected chi connectivity index (χ3v) is 4.71. The van der Waals surface area contributed by atoms with Gasteiger partial charge >= 0.3 is 0 Å². The summed E-state index contributed by atoms with van der Waals surface area (Å²) < 4.78 is 5.71. The molecule has 0 fully saturated rings. The van der Waals surface area contributed by atoms with E-state index in [0.717, 1.165) is 42.8 Å². The maximum Gasteiger partial charge on any atom is 0.194 e. The molecule has 150 valence electrons. The van der Waals surface area contributed by atoms with Gasteiger partial charge in [-0.1, -0.05) is 31.2 Å². The Bertz CT molecular complexity index is 705. The second-order valence-electron chi connectivity index (χ2n) is 6.21. The number of guanidine groups is 1. The summed E-state index contributed by atoms with van der Waals surface area (Å²) in [5, 5.41) is 6.57. The van der Waals surface area contributed by atoms with Gasteiger partial charge in [0.2, 0.25) is 0 Å². The number of hydrogen-bond acceptors (Lipinski definition) is 4. The molecular weight excluding hydrogens is 471 g/mol. The lowest BCUT2D eigenvalue weighted by Crippen LogP contribution is -2.38. The molecule has 0 atom stereocenters. The number of aliphatic imine (C=N–C) groups is 1. The van der Waals surface area contributed by atoms with E-state index in [-0.39, 0.29) is 24.0 Å². The Labute approximate surface area is 184 Å². The number of nitrogens with one attached hydrogen (secondary N) is 1. The first-order chi connectivity index (χ1) is 12.6. The molecule has 2 rings (SSSR count). The summed E-state index contributed by atoms with van der Waals surface area (Å²) in [5.74, 6) is 0.891. The highest BCUT2D eigenvalue weighted by Gasteiger charge is 2.09. The highest BCUT2D eigenvalue weighted by molar-refractivity contribution is 14.0. The summed E-state index contributed by atoms with van der Waals surface area (Å²) >= 11 is 1.68. The number of aryl methyl sites for hydroxylation is 1. The maximum atomic E-state index is 5.71. The van der Waals surface area contributed by atoms with Crippen molar-refractivity contribution in [3.63, 3.8) is 0 Å². The van der Waals surface area contributed by atoms with Crippen molar-refractivity contribution < 1.29 is 4.74 Å². The molecule has 7 heteroatoms. The number of thiazole rings is 1. The minimum absolute atomic E-state index is 0. The third-order valence-electron chi connectivity index (χ3n) is 3.89. The molecule has 2 aromatic rings. The van der Waals surface area contributed by atoms with Crippen molar-refractivity contribution in [3.8, 4) is 0 Å². The van der Waals surface area contributed by atoms with Gasteiger partial charge in [-0.05, 0) is 31.4 Å². The van der Waals surface area contributed by atoms with Crippen molar-refractivity contribution in [1.82, 2.24) is 15.2 Å². The molecule has 5 nitrogen and oxygen atoms in total. The van der Waals surface area contributed by atoms with Gasteiger partial charge in [0.1, 0.15) is 0 Å². The lowest BCUT2D eigenvalue weighted by atomic mass is 10.1. The van der Waals surface area contributed by atoms with Crippen LogP contribution >= 0.6 is 35.3 Å². The van der Waals surface area contributed by atoms with Crippen LogP contribution in [0.5, 0.6) is 0 Å². The predicted molar refractivity (Wildman–Crippen MR) is 125 cm³/mol. The number of hydrogen-bond donors (Lipinski definition) is 1. The van der Waals surface area contributed by atoms with Crippen molar-refractivity contribution in [2.75, 3.05) is 20.2 Å². The van der Waals surface area contributed by atoms with E-state index < -0.39 is 0 Å². The molecule has 0 aliphatic heterocycles. The minimum atomic E-state index is 0. The summed E-state index contributed by atoms with van der Waals surface area (Å²) in [4.78, 5) is 11.5. The van der Waals surface area contributed by atoms with E-state index in [4.69, 9.17) is 9.73 Å². The number of rotatable bonds is 9. The normalized spacial score (nSPS) is 11.2. The van der Waals surface area contributed by atoms with Gasteiger partial charge in [0, 0.05) is 25.6 Å². The zero-order valence-corrected chi connectivity index (χ0v) is 19.8. The van der Waals surface area contributed by atoms with Gasteiger partial charge in [-0.3, -0.25) is 0 Å². The van der Waals surface area contributed by atoms with Gasteiger partial charge in [-0.15, -0.1) is 35.3 Å². The van der Waals surface area contributed by atoms with Crippen LogP contribution in [-0.2, 0) is 24.4 Å². The van der Waals surface area contributed by atoms with Crippen LogP contribution in [0.25, 0.3) is 0 Å². The molecule has 0 spiro atoms. The molecular formula is C20H31IN4OS. The van der Waals surface area contributed by atoms with Crippen LogP contribution in [0.1, 0.15) is 42.1 Å². The largest absolute Gasteiger partial charge is 0.377 e. The molecule has 1 N–H and O–H groups in total. The van der Waals surface area contributed by atoms with Crippen molar-refractivity contribution in [2.45, 2.75) is 46.9 Å². The molecule has 1 aromatic carbocycles. The van der Waals surface area contributed by atoms with Crippen molar-refractivity contribution in [3.05, 3.63) is 51.5 Å². The summed E-state index contributed by atoms with van der Waals surface area (Å²) in [5.41, 5.74) is 3.49. The van der Waals surface area contributed by atoms with Crippen LogP contribution in [0.2, 0.25) is 0 Å². The SMILES string of the molecule is CCCOCc1ccccc1CN=C(NCC)N(C)Cc1csc(C)n1.I. The summed E-state index contributed by atoms with van der Waals surface area (Å²) in [6, 6.07) is 8.36. The quantitative estimate of drug-likeness (QED) is 0.236. The standard InChI is InChI=1S/C20H30N4OS.HI/c1-5-11-25-14-18-10-8-7-9-17(18)12-22-20(21-6-2)24(4)13-19-15-26-16(3)23-19;/h7-10,15H,5-6,11-14H2,1-4H3,(H,21,22);1H. The van der Waals surface area contributed by atoms with Crippen molar-refractivity contribution in [2.24, 2.45) is 4.99 Å². The van der Waals surface area contributed by atoms with Gasteiger partial charge in [-0.2, -0.15) is 0 Å². The number of halogens is 1. The van der Waals surface area contributed by atoms with E-state index in [0.29, 0.717) is 13.2 Å². The summed E-state index contributed by atoms with van der Waals surface area (Å²) in [6.07, 6.45) is 1.03. The topological polar surface area (TPSA) is 49.8 Å². The maximum absolute atomic E-state index is 5.71. The molecule has 0 aliphatic rings. The van der Waals surface area contributed by atoms with E-state index in [1.165, 1.54) is 11.1 Å². The van der Waals surface area contributed by atoms with Crippen LogP contribution in [-0.4, -0.2) is 36.0 Å². The smallest absolute Gasteiger partial charge is 0.194 e. The fourth-order valence-corrected chi connectivity index (χ4v) is 3.21. The monoisotopic (exact) mass is 502 g/mol. The highest BCUT2D eigenvalue weighted by Crippen LogP contribution is 2.13. The molecule has 0 aliphatic carbocycles. The Balaban J connectivity index is 0.00000364. The van der Waals surface area contributed by atoms with Crippen LogP contribution in [0.15, 0.2) is 34.6 Å². The van der Waals surface area contributed by atoms with Crippen LogP contribution in [0, 0.1) is 6.92 Å². The van der Waals surface area contributed by atoms with Gasteiger partial charge in [0.15, 0.2) is 5.96 Å². The van der Waals surface area contributed by atoms with Crippen molar-refractivity contribution >= 4 is 41.3 Å². The molecule has 1 heterocycles. The first kappa shape index (κ1) is 23.8. The van der Waals surface area contributed by atoms with E-state index in [2.05, 4.69) is 58.7 Å². The van der Waals surface area contributed by atoms with Crippen LogP contribution in [0.3, 0.4) is 0 Å². The molecule has 0 radical (unpaired) electrons. The van der Waals surface area contributed by atoms with Gasteiger partial charge < -0.3 is 15.0 Å². The molecule has 27 heavy (non-hydrogen) atoms. The van der Waals surface area contributed by atoms with Crippen LogP contribution in [0.4, 0.5) is 0 Å². The summed E-state index contributed by atoms with van der Waals surface area (Å²) in [6.45, 7) is 9.89. The third kappa shape index (κ3) is 8.15. The number of aromatic nitrogens is 1. The Morgan fingerprint density at radius 1 is 1.26 bits per heavy atom. The van der Waals surface area contributed by atoms with Crippen molar-refractivity contribution in [1.29, 1.82) is 0 Å². The Morgan fingerprint density at radius 2 is 2.00 bits per heavy atom. The lowest BCUT2D eigenvalue weighted by molar-refractivity contribution is 0.121. The average molecular weight is 502 g/mol. The minimum Gasteiger partial charge on any atom is -0.377 e. The van der Waals surface area contributed by atoms with Gasteiger partial charge in [-0.25, -0.2) is 9.98 Å². The first-order valence-electron chi connectivity index (χ1n) is 9.19. The summed E-state index contributed by atoms with van der Waals surface area (Å²) in [7, 11) is 2.05. The molecule has 1 aromatic heterocycles.